The molecule has 0 radical (unpaired) electrons. The highest BCUT2D eigenvalue weighted by atomic mass is 16.5. The Labute approximate surface area is 141 Å². The molecule has 0 saturated carbocycles. The largest absolute Gasteiger partial charge is 0.381 e. The third kappa shape index (κ3) is 5.62. The second-order valence-corrected chi connectivity index (χ2v) is 6.99. The SMILES string of the molecule is CN=C(NCCN1CCCCC1)NCC1(N(C)C)CCOCC1. The van der Waals surface area contributed by atoms with Crippen LogP contribution in [0.4, 0.5) is 0 Å². The van der Waals surface area contributed by atoms with Gasteiger partial charge in [0.05, 0.1) is 0 Å². The lowest BCUT2D eigenvalue weighted by Crippen LogP contribution is -2.57. The van der Waals surface area contributed by atoms with E-state index >= 15 is 0 Å². The van der Waals surface area contributed by atoms with E-state index in [0.717, 1.165) is 51.6 Å². The van der Waals surface area contributed by atoms with Crippen LogP contribution in [0.3, 0.4) is 0 Å². The number of nitrogens with one attached hydrogen (secondary N) is 2. The van der Waals surface area contributed by atoms with Gasteiger partial charge in [0.1, 0.15) is 0 Å². The summed E-state index contributed by atoms with van der Waals surface area (Å²) in [7, 11) is 6.18. The average molecular weight is 326 g/mol. The van der Waals surface area contributed by atoms with Crippen LogP contribution in [0, 0.1) is 0 Å². The number of piperidine rings is 1. The summed E-state index contributed by atoms with van der Waals surface area (Å²) < 4.78 is 5.53. The number of likely N-dealkylation sites (N-methyl/N-ethyl adjacent to an activating group) is 1. The van der Waals surface area contributed by atoms with Gasteiger partial charge in [-0.05, 0) is 52.9 Å². The Bertz CT molecular complexity index is 360. The van der Waals surface area contributed by atoms with Gasteiger partial charge in [0.2, 0.25) is 0 Å². The van der Waals surface area contributed by atoms with E-state index < -0.39 is 0 Å². The molecular weight excluding hydrogens is 290 g/mol. The van der Waals surface area contributed by atoms with Crippen molar-refractivity contribution in [3.8, 4) is 0 Å². The van der Waals surface area contributed by atoms with Crippen molar-refractivity contribution in [3.63, 3.8) is 0 Å². The van der Waals surface area contributed by atoms with Crippen molar-refractivity contribution in [1.82, 2.24) is 20.4 Å². The zero-order chi connectivity index (χ0) is 16.5. The number of hydrogen-bond acceptors (Lipinski definition) is 4. The fraction of sp³-hybridized carbons (Fsp3) is 0.941. The van der Waals surface area contributed by atoms with Crippen LogP contribution in [0.2, 0.25) is 0 Å². The maximum atomic E-state index is 5.53. The van der Waals surface area contributed by atoms with Gasteiger partial charge in [-0.2, -0.15) is 0 Å². The van der Waals surface area contributed by atoms with Crippen LogP contribution in [0.15, 0.2) is 4.99 Å². The molecule has 2 rings (SSSR count). The van der Waals surface area contributed by atoms with E-state index in [1.807, 2.05) is 7.05 Å². The summed E-state index contributed by atoms with van der Waals surface area (Å²) in [6.07, 6.45) is 6.22. The summed E-state index contributed by atoms with van der Waals surface area (Å²) in [5, 5.41) is 6.98. The molecule has 0 aromatic carbocycles. The normalized spacial score (nSPS) is 23.0. The van der Waals surface area contributed by atoms with Gasteiger partial charge in [-0.25, -0.2) is 0 Å². The molecule has 0 unspecified atom stereocenters. The molecule has 2 N–H and O–H groups in total. The van der Waals surface area contributed by atoms with E-state index in [1.165, 1.54) is 32.4 Å². The Morgan fingerprint density at radius 1 is 1.13 bits per heavy atom. The van der Waals surface area contributed by atoms with Gasteiger partial charge in [-0.1, -0.05) is 6.42 Å². The Morgan fingerprint density at radius 2 is 1.83 bits per heavy atom. The Balaban J connectivity index is 1.73. The van der Waals surface area contributed by atoms with E-state index in [9.17, 15) is 0 Å². The first-order valence-corrected chi connectivity index (χ1v) is 9.08. The lowest BCUT2D eigenvalue weighted by Gasteiger charge is -2.43. The minimum absolute atomic E-state index is 0.169. The molecule has 0 spiro atoms. The molecular formula is C17H35N5O. The molecule has 2 saturated heterocycles. The quantitative estimate of drug-likeness (QED) is 0.557. The molecule has 6 nitrogen and oxygen atoms in total. The van der Waals surface area contributed by atoms with E-state index in [2.05, 4.69) is 39.5 Å². The summed E-state index contributed by atoms with van der Waals surface area (Å²) in [5.41, 5.74) is 0.169. The number of likely N-dealkylation sites (tertiary alicyclic amines) is 1. The zero-order valence-electron chi connectivity index (χ0n) is 15.2. The molecule has 0 amide bonds. The summed E-state index contributed by atoms with van der Waals surface area (Å²) in [6, 6.07) is 0. The molecule has 2 fully saturated rings. The van der Waals surface area contributed by atoms with Crippen LogP contribution in [-0.4, -0.2) is 88.4 Å². The third-order valence-corrected chi connectivity index (χ3v) is 5.35. The standard InChI is InChI=1S/C17H35N5O/c1-18-16(19-9-12-22-10-5-4-6-11-22)20-15-17(21(2)3)7-13-23-14-8-17/h4-15H2,1-3H3,(H2,18,19,20). The fourth-order valence-electron chi connectivity index (χ4n) is 3.52. The average Bonchev–Trinajstić information content (AvgIpc) is 2.59. The van der Waals surface area contributed by atoms with Gasteiger partial charge in [0, 0.05) is 45.4 Å². The summed E-state index contributed by atoms with van der Waals surface area (Å²) in [6.45, 7) is 7.16. The second-order valence-electron chi connectivity index (χ2n) is 6.99. The maximum Gasteiger partial charge on any atom is 0.191 e. The van der Waals surface area contributed by atoms with Crippen molar-refractivity contribution in [2.75, 3.05) is 67.1 Å². The molecule has 0 aromatic heterocycles. The van der Waals surface area contributed by atoms with Gasteiger partial charge in [-0.3, -0.25) is 4.99 Å². The highest BCUT2D eigenvalue weighted by Crippen LogP contribution is 2.24. The molecule has 2 heterocycles. The third-order valence-electron chi connectivity index (χ3n) is 5.35. The summed E-state index contributed by atoms with van der Waals surface area (Å²) in [4.78, 5) is 9.25. The van der Waals surface area contributed by atoms with Crippen LogP contribution < -0.4 is 10.6 Å². The van der Waals surface area contributed by atoms with Crippen molar-refractivity contribution < 1.29 is 4.74 Å². The molecule has 0 aliphatic carbocycles. The number of aliphatic imine (C=N–C) groups is 1. The lowest BCUT2D eigenvalue weighted by molar-refractivity contribution is -0.00501. The fourth-order valence-corrected chi connectivity index (χ4v) is 3.52. The molecule has 2 aliphatic rings. The van der Waals surface area contributed by atoms with E-state index in [4.69, 9.17) is 4.74 Å². The molecule has 23 heavy (non-hydrogen) atoms. The van der Waals surface area contributed by atoms with Crippen LogP contribution in [0.25, 0.3) is 0 Å². The Hall–Kier alpha value is -0.850. The van der Waals surface area contributed by atoms with Crippen molar-refractivity contribution in [1.29, 1.82) is 0 Å². The number of rotatable bonds is 6. The lowest BCUT2D eigenvalue weighted by atomic mass is 9.88. The van der Waals surface area contributed by atoms with Crippen molar-refractivity contribution in [2.24, 2.45) is 4.99 Å². The van der Waals surface area contributed by atoms with Crippen LogP contribution in [-0.2, 0) is 4.74 Å². The molecule has 0 atom stereocenters. The maximum absolute atomic E-state index is 5.53. The van der Waals surface area contributed by atoms with Crippen LogP contribution >= 0.6 is 0 Å². The predicted molar refractivity (Wildman–Crippen MR) is 96.1 cm³/mol. The van der Waals surface area contributed by atoms with Crippen molar-refractivity contribution in [3.05, 3.63) is 0 Å². The van der Waals surface area contributed by atoms with Crippen LogP contribution in [0.5, 0.6) is 0 Å². The van der Waals surface area contributed by atoms with Crippen molar-refractivity contribution in [2.45, 2.75) is 37.6 Å². The minimum atomic E-state index is 0.169. The predicted octanol–water partition coefficient (Wildman–Crippen LogP) is 0.748. The second kappa shape index (κ2) is 9.45. The van der Waals surface area contributed by atoms with Crippen molar-refractivity contribution >= 4 is 5.96 Å². The highest BCUT2D eigenvalue weighted by Gasteiger charge is 2.34. The Morgan fingerprint density at radius 3 is 2.43 bits per heavy atom. The highest BCUT2D eigenvalue weighted by molar-refractivity contribution is 5.79. The number of nitrogens with zero attached hydrogens (tertiary/aromatic N) is 3. The molecule has 2 aliphatic heterocycles. The first kappa shape index (κ1) is 18.5. The molecule has 0 aromatic rings. The number of guanidine groups is 1. The number of ether oxygens (including phenoxy) is 1. The molecule has 6 heteroatoms. The zero-order valence-corrected chi connectivity index (χ0v) is 15.2. The first-order valence-electron chi connectivity index (χ1n) is 9.08. The van der Waals surface area contributed by atoms with Gasteiger partial charge in [0.25, 0.3) is 0 Å². The van der Waals surface area contributed by atoms with Gasteiger partial charge >= 0.3 is 0 Å². The van der Waals surface area contributed by atoms with E-state index in [-0.39, 0.29) is 5.54 Å². The Kier molecular flexibility index (Phi) is 7.59. The molecule has 134 valence electrons. The van der Waals surface area contributed by atoms with Gasteiger partial charge < -0.3 is 25.2 Å². The van der Waals surface area contributed by atoms with Gasteiger partial charge in [0.15, 0.2) is 5.96 Å². The summed E-state index contributed by atoms with van der Waals surface area (Å²) >= 11 is 0. The topological polar surface area (TPSA) is 52.1 Å². The first-order chi connectivity index (χ1) is 11.2. The van der Waals surface area contributed by atoms with Gasteiger partial charge in [-0.15, -0.1) is 0 Å². The summed E-state index contributed by atoms with van der Waals surface area (Å²) in [5.74, 6) is 0.912. The smallest absolute Gasteiger partial charge is 0.191 e. The monoisotopic (exact) mass is 325 g/mol. The minimum Gasteiger partial charge on any atom is -0.381 e. The number of hydrogen-bond donors (Lipinski definition) is 2. The van der Waals surface area contributed by atoms with E-state index in [0.29, 0.717) is 0 Å². The molecule has 0 bridgehead atoms. The van der Waals surface area contributed by atoms with E-state index in [1.54, 1.807) is 0 Å². The van der Waals surface area contributed by atoms with Crippen LogP contribution in [0.1, 0.15) is 32.1 Å².